The molecule has 3 unspecified atom stereocenters. The molecule has 2 heterocycles. The summed E-state index contributed by atoms with van der Waals surface area (Å²) in [7, 11) is 0. The predicted octanol–water partition coefficient (Wildman–Crippen LogP) is 1.09. The molecule has 1 aliphatic carbocycles. The van der Waals surface area contributed by atoms with Crippen LogP contribution in [0.4, 0.5) is 8.78 Å². The van der Waals surface area contributed by atoms with E-state index in [9.17, 15) is 13.6 Å². The maximum absolute atomic E-state index is 13.0. The Labute approximate surface area is 104 Å². The molecule has 2 aliphatic heterocycles. The molecule has 3 rings (SSSR count). The molecule has 1 saturated carbocycles. The third kappa shape index (κ3) is 2.36. The second kappa shape index (κ2) is 4.42. The predicted molar refractivity (Wildman–Crippen MR) is 58.3 cm³/mol. The Kier molecular flexibility index (Phi) is 3.02. The maximum Gasteiger partial charge on any atom is 0.377 e. The number of carbonyl (C=O) groups excluding carboxylic acids is 1. The highest BCUT2D eigenvalue weighted by molar-refractivity contribution is 5.79. The third-order valence-corrected chi connectivity index (χ3v) is 3.89. The standard InChI is InChI=1S/C12H17F2NO3/c13-12(14)5-8(18-11(12)16)6-15-9-3-4-17-10(9)7-1-2-7/h7-10,15H,1-6H2. The van der Waals surface area contributed by atoms with Crippen LogP contribution >= 0.6 is 0 Å². The van der Waals surface area contributed by atoms with E-state index in [-0.39, 0.29) is 12.1 Å². The van der Waals surface area contributed by atoms with Crippen molar-refractivity contribution in [3.63, 3.8) is 0 Å². The van der Waals surface area contributed by atoms with Crippen molar-refractivity contribution < 1.29 is 23.0 Å². The van der Waals surface area contributed by atoms with Crippen molar-refractivity contribution >= 4 is 5.97 Å². The molecule has 102 valence electrons. The van der Waals surface area contributed by atoms with Gasteiger partial charge in [-0.05, 0) is 25.2 Å². The van der Waals surface area contributed by atoms with E-state index in [1.54, 1.807) is 0 Å². The molecule has 0 aromatic rings. The Hall–Kier alpha value is -0.750. The minimum Gasteiger partial charge on any atom is -0.456 e. The fourth-order valence-electron chi connectivity index (χ4n) is 2.76. The van der Waals surface area contributed by atoms with Gasteiger partial charge in [0.1, 0.15) is 6.10 Å². The first-order valence-electron chi connectivity index (χ1n) is 6.50. The Morgan fingerprint density at radius 1 is 1.33 bits per heavy atom. The minimum absolute atomic E-state index is 0.211. The van der Waals surface area contributed by atoms with Crippen molar-refractivity contribution in [2.24, 2.45) is 5.92 Å². The Morgan fingerprint density at radius 2 is 2.11 bits per heavy atom. The first kappa shape index (κ1) is 12.3. The van der Waals surface area contributed by atoms with Crippen LogP contribution in [0.2, 0.25) is 0 Å². The van der Waals surface area contributed by atoms with E-state index in [0.717, 1.165) is 13.0 Å². The number of alkyl halides is 2. The summed E-state index contributed by atoms with van der Waals surface area (Å²) in [6, 6.07) is 0.213. The molecule has 1 N–H and O–H groups in total. The second-order valence-electron chi connectivity index (χ2n) is 5.41. The number of nitrogens with one attached hydrogen (secondary N) is 1. The molecule has 18 heavy (non-hydrogen) atoms. The van der Waals surface area contributed by atoms with Crippen molar-refractivity contribution in [1.29, 1.82) is 0 Å². The highest BCUT2D eigenvalue weighted by Crippen LogP contribution is 2.39. The summed E-state index contributed by atoms with van der Waals surface area (Å²) in [5.41, 5.74) is 0. The molecule has 0 aromatic carbocycles. The number of hydrogen-bond acceptors (Lipinski definition) is 4. The highest BCUT2D eigenvalue weighted by atomic mass is 19.3. The van der Waals surface area contributed by atoms with E-state index < -0.39 is 24.4 Å². The molecule has 0 amide bonds. The molecule has 2 saturated heterocycles. The van der Waals surface area contributed by atoms with Crippen molar-refractivity contribution in [2.45, 2.75) is 49.9 Å². The molecule has 4 nitrogen and oxygen atoms in total. The SMILES string of the molecule is O=C1OC(CNC2CCOC2C2CC2)CC1(F)F. The molecule has 6 heteroatoms. The smallest absolute Gasteiger partial charge is 0.377 e. The normalized spacial score (nSPS) is 39.0. The lowest BCUT2D eigenvalue weighted by Crippen LogP contribution is -2.41. The van der Waals surface area contributed by atoms with Gasteiger partial charge in [-0.2, -0.15) is 8.78 Å². The summed E-state index contributed by atoms with van der Waals surface area (Å²) in [5, 5.41) is 3.22. The number of ether oxygens (including phenoxy) is 2. The van der Waals surface area contributed by atoms with E-state index >= 15 is 0 Å². The average Bonchev–Trinajstić information content (AvgIpc) is 2.98. The lowest BCUT2D eigenvalue weighted by atomic mass is 10.1. The summed E-state index contributed by atoms with van der Waals surface area (Å²) >= 11 is 0. The molecule has 0 aromatic heterocycles. The van der Waals surface area contributed by atoms with Crippen LogP contribution in [0, 0.1) is 5.92 Å². The number of rotatable bonds is 4. The summed E-state index contributed by atoms with van der Waals surface area (Å²) in [6.45, 7) is 1.01. The van der Waals surface area contributed by atoms with Crippen LogP contribution in [-0.2, 0) is 14.3 Å². The molecular formula is C12H17F2NO3. The maximum atomic E-state index is 13.0. The van der Waals surface area contributed by atoms with Crippen molar-refractivity contribution in [1.82, 2.24) is 5.32 Å². The third-order valence-electron chi connectivity index (χ3n) is 3.89. The summed E-state index contributed by atoms with van der Waals surface area (Å²) < 4.78 is 36.3. The largest absolute Gasteiger partial charge is 0.456 e. The average molecular weight is 261 g/mol. The number of carbonyl (C=O) groups is 1. The van der Waals surface area contributed by atoms with Crippen LogP contribution < -0.4 is 5.32 Å². The Bertz CT molecular complexity index is 346. The van der Waals surface area contributed by atoms with Crippen molar-refractivity contribution in [3.05, 3.63) is 0 Å². The first-order chi connectivity index (χ1) is 8.56. The molecule has 0 spiro atoms. The number of esters is 1. The van der Waals surface area contributed by atoms with Gasteiger partial charge < -0.3 is 14.8 Å². The van der Waals surface area contributed by atoms with Crippen LogP contribution in [0.1, 0.15) is 25.7 Å². The van der Waals surface area contributed by atoms with Crippen LogP contribution in [0.5, 0.6) is 0 Å². The van der Waals surface area contributed by atoms with E-state index in [1.165, 1.54) is 12.8 Å². The van der Waals surface area contributed by atoms with Crippen molar-refractivity contribution in [2.75, 3.05) is 13.2 Å². The van der Waals surface area contributed by atoms with Gasteiger partial charge in [0.25, 0.3) is 0 Å². The molecule has 3 fully saturated rings. The molecule has 3 aliphatic rings. The monoisotopic (exact) mass is 261 g/mol. The second-order valence-corrected chi connectivity index (χ2v) is 5.41. The number of hydrogen-bond donors (Lipinski definition) is 1. The fraction of sp³-hybridized carbons (Fsp3) is 0.917. The van der Waals surface area contributed by atoms with Crippen LogP contribution in [0.3, 0.4) is 0 Å². The fourth-order valence-corrected chi connectivity index (χ4v) is 2.76. The van der Waals surface area contributed by atoms with Crippen molar-refractivity contribution in [3.8, 4) is 0 Å². The molecular weight excluding hydrogens is 244 g/mol. The highest BCUT2D eigenvalue weighted by Gasteiger charge is 2.51. The van der Waals surface area contributed by atoms with E-state index in [2.05, 4.69) is 10.1 Å². The molecule has 3 atom stereocenters. The van der Waals surface area contributed by atoms with Crippen LogP contribution in [0.15, 0.2) is 0 Å². The van der Waals surface area contributed by atoms with Gasteiger partial charge >= 0.3 is 11.9 Å². The zero-order chi connectivity index (χ0) is 12.8. The molecule has 0 radical (unpaired) electrons. The topological polar surface area (TPSA) is 47.6 Å². The zero-order valence-corrected chi connectivity index (χ0v) is 10.0. The van der Waals surface area contributed by atoms with Crippen LogP contribution in [-0.4, -0.2) is 43.3 Å². The van der Waals surface area contributed by atoms with Gasteiger partial charge in [0.15, 0.2) is 0 Å². The number of halogens is 2. The Morgan fingerprint density at radius 3 is 2.72 bits per heavy atom. The lowest BCUT2D eigenvalue weighted by molar-refractivity contribution is -0.159. The van der Waals surface area contributed by atoms with Gasteiger partial charge in [-0.25, -0.2) is 4.79 Å². The Balaban J connectivity index is 1.48. The van der Waals surface area contributed by atoms with Gasteiger partial charge in [0, 0.05) is 19.2 Å². The zero-order valence-electron chi connectivity index (χ0n) is 10.0. The summed E-state index contributed by atoms with van der Waals surface area (Å²) in [5.74, 6) is -4.08. The van der Waals surface area contributed by atoms with E-state index in [0.29, 0.717) is 12.5 Å². The van der Waals surface area contributed by atoms with Gasteiger partial charge in [0.2, 0.25) is 0 Å². The van der Waals surface area contributed by atoms with Gasteiger partial charge in [-0.3, -0.25) is 0 Å². The van der Waals surface area contributed by atoms with Gasteiger partial charge in [0.05, 0.1) is 12.5 Å². The molecule has 0 bridgehead atoms. The van der Waals surface area contributed by atoms with E-state index in [4.69, 9.17) is 4.74 Å². The van der Waals surface area contributed by atoms with Gasteiger partial charge in [-0.1, -0.05) is 0 Å². The quantitative estimate of drug-likeness (QED) is 0.770. The lowest BCUT2D eigenvalue weighted by Gasteiger charge is -2.21. The van der Waals surface area contributed by atoms with Crippen LogP contribution in [0.25, 0.3) is 0 Å². The van der Waals surface area contributed by atoms with Gasteiger partial charge in [-0.15, -0.1) is 0 Å². The number of cyclic esters (lactones) is 1. The summed E-state index contributed by atoms with van der Waals surface area (Å²) in [4.78, 5) is 10.9. The first-order valence-corrected chi connectivity index (χ1v) is 6.50. The minimum atomic E-state index is -3.31. The van der Waals surface area contributed by atoms with E-state index in [1.807, 2.05) is 0 Å². The summed E-state index contributed by atoms with van der Waals surface area (Å²) in [6.07, 6.45) is 2.27.